The van der Waals surface area contributed by atoms with Crippen molar-refractivity contribution in [3.8, 4) is 0 Å². The number of methoxy groups -OCH3 is 1. The molecule has 1 saturated heterocycles. The smallest absolute Gasteiger partial charge is 0.161 e. The van der Waals surface area contributed by atoms with E-state index < -0.39 is 0 Å². The summed E-state index contributed by atoms with van der Waals surface area (Å²) < 4.78 is 6.22. The van der Waals surface area contributed by atoms with Crippen LogP contribution < -0.4 is 4.90 Å². The van der Waals surface area contributed by atoms with Crippen LogP contribution in [0.4, 0.5) is 5.69 Å². The predicted octanol–water partition coefficient (Wildman–Crippen LogP) is 3.12. The molecule has 0 aromatic heterocycles. The summed E-state index contributed by atoms with van der Waals surface area (Å²) in [6.07, 6.45) is 1.12. The average Bonchev–Trinajstić information content (AvgIpc) is 2.77. The highest BCUT2D eigenvalue weighted by atomic mass is 79.9. The molecule has 98 valence electrons. The minimum atomic E-state index is 0.118. The van der Waals surface area contributed by atoms with Gasteiger partial charge in [0.25, 0.3) is 0 Å². The van der Waals surface area contributed by atoms with Gasteiger partial charge in [0.2, 0.25) is 0 Å². The highest BCUT2D eigenvalue weighted by molar-refractivity contribution is 9.10. The number of benzene rings is 1. The van der Waals surface area contributed by atoms with Gasteiger partial charge < -0.3 is 9.64 Å². The molecule has 1 aromatic rings. The van der Waals surface area contributed by atoms with E-state index in [1.807, 2.05) is 18.2 Å². The van der Waals surface area contributed by atoms with Crippen LogP contribution >= 0.6 is 15.9 Å². The number of nitrogens with zero attached hydrogens (tertiary/aromatic N) is 1. The summed E-state index contributed by atoms with van der Waals surface area (Å²) in [6, 6.07) is 5.85. The minimum absolute atomic E-state index is 0.118. The maximum absolute atomic E-state index is 11.7. The molecule has 1 aliphatic heterocycles. The normalized spacial score (nSPS) is 19.3. The highest BCUT2D eigenvalue weighted by Gasteiger charge is 2.25. The Morgan fingerprint density at radius 1 is 1.56 bits per heavy atom. The molecular formula is C14H18BrNO2. The first-order valence-corrected chi connectivity index (χ1v) is 6.95. The molecule has 1 unspecified atom stereocenters. The van der Waals surface area contributed by atoms with Crippen LogP contribution in [0.2, 0.25) is 0 Å². The lowest BCUT2D eigenvalue weighted by molar-refractivity contribution is 0.101. The van der Waals surface area contributed by atoms with Gasteiger partial charge in [0.05, 0.1) is 6.61 Å². The zero-order valence-corrected chi connectivity index (χ0v) is 12.4. The van der Waals surface area contributed by atoms with E-state index in [0.29, 0.717) is 5.92 Å². The van der Waals surface area contributed by atoms with Gasteiger partial charge in [-0.15, -0.1) is 0 Å². The van der Waals surface area contributed by atoms with Gasteiger partial charge >= 0.3 is 0 Å². The standard InChI is InChI=1S/C14H18BrNO2/c1-10(17)13-4-3-12(15)7-14(13)16-6-5-11(8-16)9-18-2/h3-4,7,11H,5-6,8-9H2,1-2H3. The van der Waals surface area contributed by atoms with Gasteiger partial charge in [0.15, 0.2) is 5.78 Å². The van der Waals surface area contributed by atoms with Gasteiger partial charge in [0, 0.05) is 41.8 Å². The van der Waals surface area contributed by atoms with Crippen LogP contribution in [0.3, 0.4) is 0 Å². The van der Waals surface area contributed by atoms with Gasteiger partial charge in [0.1, 0.15) is 0 Å². The van der Waals surface area contributed by atoms with Crippen LogP contribution in [0.5, 0.6) is 0 Å². The molecule has 3 nitrogen and oxygen atoms in total. The molecule has 4 heteroatoms. The Morgan fingerprint density at radius 3 is 3.00 bits per heavy atom. The number of ketones is 1. The lowest BCUT2D eigenvalue weighted by Crippen LogP contribution is -2.22. The number of anilines is 1. The molecule has 0 amide bonds. The SMILES string of the molecule is COCC1CCN(c2cc(Br)ccc2C(C)=O)C1. The summed E-state index contributed by atoms with van der Waals surface area (Å²) in [5.41, 5.74) is 1.84. The first kappa shape index (κ1) is 13.6. The zero-order valence-electron chi connectivity index (χ0n) is 10.8. The number of halogens is 1. The van der Waals surface area contributed by atoms with Crippen molar-refractivity contribution >= 4 is 27.4 Å². The van der Waals surface area contributed by atoms with Crippen LogP contribution in [0, 0.1) is 5.92 Å². The Bertz CT molecular complexity index is 447. The van der Waals surface area contributed by atoms with Gasteiger partial charge in [-0.25, -0.2) is 0 Å². The van der Waals surface area contributed by atoms with E-state index in [9.17, 15) is 4.79 Å². The molecule has 0 N–H and O–H groups in total. The van der Waals surface area contributed by atoms with E-state index in [4.69, 9.17) is 4.74 Å². The summed E-state index contributed by atoms with van der Waals surface area (Å²) in [5, 5.41) is 0. The molecule has 1 heterocycles. The highest BCUT2D eigenvalue weighted by Crippen LogP contribution is 2.30. The summed E-state index contributed by atoms with van der Waals surface area (Å²) in [6.45, 7) is 4.37. The second kappa shape index (κ2) is 5.85. The third kappa shape index (κ3) is 2.93. The molecule has 0 spiro atoms. The van der Waals surface area contributed by atoms with Crippen molar-refractivity contribution in [3.05, 3.63) is 28.2 Å². The molecule has 1 aromatic carbocycles. The number of rotatable bonds is 4. The summed E-state index contributed by atoms with van der Waals surface area (Å²) in [7, 11) is 1.74. The van der Waals surface area contributed by atoms with Gasteiger partial charge in [-0.1, -0.05) is 15.9 Å². The predicted molar refractivity (Wildman–Crippen MR) is 76.3 cm³/mol. The fraction of sp³-hybridized carbons (Fsp3) is 0.500. The number of carbonyl (C=O) groups excluding carboxylic acids is 1. The molecule has 2 rings (SSSR count). The molecule has 1 atom stereocenters. The fourth-order valence-corrected chi connectivity index (χ4v) is 2.84. The zero-order chi connectivity index (χ0) is 13.1. The minimum Gasteiger partial charge on any atom is -0.384 e. The topological polar surface area (TPSA) is 29.5 Å². The van der Waals surface area contributed by atoms with Gasteiger partial charge in [-0.05, 0) is 31.5 Å². The Hall–Kier alpha value is -0.870. The maximum atomic E-state index is 11.7. The van der Waals surface area contributed by atoms with E-state index in [1.165, 1.54) is 0 Å². The van der Waals surface area contributed by atoms with Crippen LogP contribution in [-0.4, -0.2) is 32.6 Å². The molecule has 0 aliphatic carbocycles. The first-order chi connectivity index (χ1) is 8.61. The third-order valence-corrected chi connectivity index (χ3v) is 3.86. The maximum Gasteiger partial charge on any atom is 0.161 e. The molecule has 18 heavy (non-hydrogen) atoms. The van der Waals surface area contributed by atoms with Gasteiger partial charge in [-0.3, -0.25) is 4.79 Å². The Morgan fingerprint density at radius 2 is 2.33 bits per heavy atom. The molecule has 0 saturated carbocycles. The molecule has 0 bridgehead atoms. The average molecular weight is 312 g/mol. The van der Waals surface area contributed by atoms with E-state index in [0.717, 1.165) is 41.8 Å². The Balaban J connectivity index is 2.23. The quantitative estimate of drug-likeness (QED) is 0.800. The van der Waals surface area contributed by atoms with Crippen molar-refractivity contribution in [1.82, 2.24) is 0 Å². The van der Waals surface area contributed by atoms with Crippen molar-refractivity contribution in [2.45, 2.75) is 13.3 Å². The van der Waals surface area contributed by atoms with Crippen molar-refractivity contribution in [1.29, 1.82) is 0 Å². The third-order valence-electron chi connectivity index (χ3n) is 3.37. The lowest BCUT2D eigenvalue weighted by atomic mass is 10.1. The number of ether oxygens (including phenoxy) is 1. The number of hydrogen-bond acceptors (Lipinski definition) is 3. The summed E-state index contributed by atoms with van der Waals surface area (Å²) >= 11 is 3.48. The molecule has 1 fully saturated rings. The number of carbonyl (C=O) groups is 1. The van der Waals surface area contributed by atoms with E-state index in [2.05, 4.69) is 20.8 Å². The molecule has 1 aliphatic rings. The van der Waals surface area contributed by atoms with Crippen molar-refractivity contribution < 1.29 is 9.53 Å². The largest absolute Gasteiger partial charge is 0.384 e. The van der Waals surface area contributed by atoms with Crippen LogP contribution in [0.1, 0.15) is 23.7 Å². The van der Waals surface area contributed by atoms with Crippen molar-refractivity contribution in [3.63, 3.8) is 0 Å². The Labute approximate surface area is 116 Å². The van der Waals surface area contributed by atoms with E-state index in [1.54, 1.807) is 14.0 Å². The fourth-order valence-electron chi connectivity index (χ4n) is 2.49. The monoisotopic (exact) mass is 311 g/mol. The number of Topliss-reactive ketones (excluding diaryl/α,β-unsaturated/α-hetero) is 1. The van der Waals surface area contributed by atoms with E-state index >= 15 is 0 Å². The second-order valence-electron chi connectivity index (χ2n) is 4.77. The lowest BCUT2D eigenvalue weighted by Gasteiger charge is -2.21. The van der Waals surface area contributed by atoms with Crippen LogP contribution in [-0.2, 0) is 4.74 Å². The summed E-state index contributed by atoms with van der Waals surface area (Å²) in [5.74, 6) is 0.682. The van der Waals surface area contributed by atoms with Crippen LogP contribution in [0.15, 0.2) is 22.7 Å². The first-order valence-electron chi connectivity index (χ1n) is 6.16. The van der Waals surface area contributed by atoms with E-state index in [-0.39, 0.29) is 5.78 Å². The summed E-state index contributed by atoms with van der Waals surface area (Å²) in [4.78, 5) is 14.0. The molecular weight excluding hydrogens is 294 g/mol. The van der Waals surface area contributed by atoms with Crippen molar-refractivity contribution in [2.24, 2.45) is 5.92 Å². The molecule has 0 radical (unpaired) electrons. The van der Waals surface area contributed by atoms with Gasteiger partial charge in [-0.2, -0.15) is 0 Å². The number of hydrogen-bond donors (Lipinski definition) is 0. The second-order valence-corrected chi connectivity index (χ2v) is 5.69. The Kier molecular flexibility index (Phi) is 4.40. The van der Waals surface area contributed by atoms with Crippen LogP contribution in [0.25, 0.3) is 0 Å². The van der Waals surface area contributed by atoms with Crippen molar-refractivity contribution in [2.75, 3.05) is 31.7 Å².